The highest BCUT2D eigenvalue weighted by Crippen LogP contribution is 2.33. The maximum absolute atomic E-state index is 2.42. The Balaban J connectivity index is 1.44. The topological polar surface area (TPSA) is 4.93 Å². The normalized spacial score (nSPS) is 11.2. The molecule has 0 aliphatic carbocycles. The molecule has 0 saturated carbocycles. The van der Waals surface area contributed by atoms with Crippen LogP contribution < -0.4 is 0 Å². The van der Waals surface area contributed by atoms with Crippen molar-refractivity contribution < 1.29 is 0 Å². The number of hydrogen-bond acceptors (Lipinski definition) is 0. The second-order valence-corrected chi connectivity index (χ2v) is 8.24. The van der Waals surface area contributed by atoms with E-state index in [1.807, 2.05) is 0 Å². The van der Waals surface area contributed by atoms with Crippen LogP contribution in [-0.4, -0.2) is 4.57 Å². The van der Waals surface area contributed by atoms with E-state index in [2.05, 4.69) is 132 Å². The summed E-state index contributed by atoms with van der Waals surface area (Å²) in [6, 6.07) is 45.7. The molecule has 0 bridgehead atoms. The van der Waals surface area contributed by atoms with Gasteiger partial charge in [-0.25, -0.2) is 0 Å². The van der Waals surface area contributed by atoms with Crippen LogP contribution in [0.3, 0.4) is 0 Å². The van der Waals surface area contributed by atoms with Crippen molar-refractivity contribution in [2.24, 2.45) is 0 Å². The molecule has 1 heteroatoms. The van der Waals surface area contributed by atoms with Gasteiger partial charge < -0.3 is 4.57 Å². The predicted molar refractivity (Wildman–Crippen MR) is 135 cm³/mol. The van der Waals surface area contributed by atoms with E-state index in [9.17, 15) is 0 Å². The van der Waals surface area contributed by atoms with Crippen LogP contribution in [0.5, 0.6) is 0 Å². The Labute approximate surface area is 188 Å². The zero-order valence-electron chi connectivity index (χ0n) is 17.8. The molecule has 6 rings (SSSR count). The third-order valence-corrected chi connectivity index (χ3v) is 6.27. The van der Waals surface area contributed by atoms with Crippen molar-refractivity contribution in [3.05, 3.63) is 139 Å². The number of fused-ring (bicyclic) bond motifs is 3. The van der Waals surface area contributed by atoms with E-state index in [0.29, 0.717) is 0 Å². The Bertz CT molecular complexity index is 1470. The number of hydrogen-bond donors (Lipinski definition) is 0. The number of rotatable bonds is 4. The van der Waals surface area contributed by atoms with Crippen molar-refractivity contribution in [2.75, 3.05) is 0 Å². The summed E-state index contributed by atoms with van der Waals surface area (Å²) in [5.74, 6) is 0. The van der Waals surface area contributed by atoms with E-state index in [0.717, 1.165) is 6.42 Å². The first-order valence-corrected chi connectivity index (χ1v) is 11.1. The molecule has 0 amide bonds. The molecule has 1 nitrogen and oxygen atoms in total. The van der Waals surface area contributed by atoms with Gasteiger partial charge in [0.05, 0.1) is 11.0 Å². The Hall–Kier alpha value is -4.10. The van der Waals surface area contributed by atoms with Gasteiger partial charge in [-0.1, -0.05) is 109 Å². The van der Waals surface area contributed by atoms with Gasteiger partial charge in [0.15, 0.2) is 0 Å². The number of nitrogens with zero attached hydrogens (tertiary/aromatic N) is 1. The SMILES string of the molecule is c1ccc(-c2ccc(Cc3ccccc3-n3c4ccccc4c4ccccc43)cc2)cc1. The molecule has 0 unspecified atom stereocenters. The standard InChI is InChI=1S/C31H23N/c1-2-10-24(11-3-1)25-20-18-23(19-21-25)22-26-12-4-7-15-29(26)32-30-16-8-5-13-27(30)28-14-6-9-17-31(28)32/h1-21H,22H2. The lowest BCUT2D eigenvalue weighted by Crippen LogP contribution is -2.00. The molecular weight excluding hydrogens is 386 g/mol. The van der Waals surface area contributed by atoms with Gasteiger partial charge in [0.1, 0.15) is 0 Å². The fourth-order valence-corrected chi connectivity index (χ4v) is 4.73. The van der Waals surface area contributed by atoms with Crippen molar-refractivity contribution in [1.29, 1.82) is 0 Å². The van der Waals surface area contributed by atoms with Gasteiger partial charge in [-0.2, -0.15) is 0 Å². The fourth-order valence-electron chi connectivity index (χ4n) is 4.73. The fraction of sp³-hybridized carbons (Fsp3) is 0.0323. The molecule has 152 valence electrons. The van der Waals surface area contributed by atoms with Gasteiger partial charge in [0, 0.05) is 16.5 Å². The lowest BCUT2D eigenvalue weighted by Gasteiger charge is -2.14. The quantitative estimate of drug-likeness (QED) is 0.278. The van der Waals surface area contributed by atoms with Gasteiger partial charge in [0.25, 0.3) is 0 Å². The Morgan fingerprint density at radius 2 is 0.969 bits per heavy atom. The highest BCUT2D eigenvalue weighted by Gasteiger charge is 2.14. The monoisotopic (exact) mass is 409 g/mol. The Morgan fingerprint density at radius 1 is 0.438 bits per heavy atom. The maximum atomic E-state index is 2.42. The van der Waals surface area contributed by atoms with Crippen molar-refractivity contribution in [3.63, 3.8) is 0 Å². The van der Waals surface area contributed by atoms with Gasteiger partial charge in [-0.05, 0) is 46.9 Å². The summed E-state index contributed by atoms with van der Waals surface area (Å²) in [5, 5.41) is 2.59. The van der Waals surface area contributed by atoms with Crippen LogP contribution in [0.2, 0.25) is 0 Å². The van der Waals surface area contributed by atoms with Crippen LogP contribution in [0.1, 0.15) is 11.1 Å². The van der Waals surface area contributed by atoms with E-state index < -0.39 is 0 Å². The van der Waals surface area contributed by atoms with E-state index >= 15 is 0 Å². The zero-order valence-corrected chi connectivity index (χ0v) is 17.8. The first kappa shape index (κ1) is 18.7. The summed E-state index contributed by atoms with van der Waals surface area (Å²) in [6.45, 7) is 0. The minimum Gasteiger partial charge on any atom is -0.309 e. The number of aromatic nitrogens is 1. The van der Waals surface area contributed by atoms with Gasteiger partial charge >= 0.3 is 0 Å². The van der Waals surface area contributed by atoms with E-state index in [1.54, 1.807) is 0 Å². The Morgan fingerprint density at radius 3 is 1.66 bits per heavy atom. The lowest BCUT2D eigenvalue weighted by molar-refractivity contribution is 1.09. The van der Waals surface area contributed by atoms with E-state index in [4.69, 9.17) is 0 Å². The molecule has 0 spiro atoms. The largest absolute Gasteiger partial charge is 0.309 e. The van der Waals surface area contributed by atoms with Crippen molar-refractivity contribution in [3.8, 4) is 16.8 Å². The molecule has 1 heterocycles. The first-order valence-electron chi connectivity index (χ1n) is 11.1. The third-order valence-electron chi connectivity index (χ3n) is 6.27. The van der Waals surface area contributed by atoms with Crippen LogP contribution in [-0.2, 0) is 6.42 Å². The average molecular weight is 410 g/mol. The molecule has 5 aromatic carbocycles. The van der Waals surface area contributed by atoms with Gasteiger partial charge in [0.2, 0.25) is 0 Å². The number of para-hydroxylation sites is 3. The molecule has 0 aliphatic heterocycles. The highest BCUT2D eigenvalue weighted by atomic mass is 15.0. The third kappa shape index (κ3) is 3.19. The molecule has 0 saturated heterocycles. The summed E-state index contributed by atoms with van der Waals surface area (Å²) >= 11 is 0. The molecule has 0 N–H and O–H groups in total. The van der Waals surface area contributed by atoms with Crippen molar-refractivity contribution in [2.45, 2.75) is 6.42 Å². The summed E-state index contributed by atoms with van der Waals surface area (Å²) in [5.41, 5.74) is 8.90. The van der Waals surface area contributed by atoms with Crippen molar-refractivity contribution >= 4 is 21.8 Å². The van der Waals surface area contributed by atoms with Crippen LogP contribution >= 0.6 is 0 Å². The molecule has 6 aromatic rings. The average Bonchev–Trinajstić information content (AvgIpc) is 3.20. The van der Waals surface area contributed by atoms with Gasteiger partial charge in [-0.15, -0.1) is 0 Å². The summed E-state index contributed by atoms with van der Waals surface area (Å²) in [6.07, 6.45) is 0.895. The molecule has 0 radical (unpaired) electrons. The van der Waals surface area contributed by atoms with Gasteiger partial charge in [-0.3, -0.25) is 0 Å². The maximum Gasteiger partial charge on any atom is 0.0541 e. The Kier molecular flexibility index (Phi) is 4.58. The van der Waals surface area contributed by atoms with E-state index in [1.165, 1.54) is 49.7 Å². The minimum absolute atomic E-state index is 0.895. The first-order chi connectivity index (χ1) is 15.9. The smallest absolute Gasteiger partial charge is 0.0541 e. The van der Waals surface area contributed by atoms with Crippen LogP contribution in [0.25, 0.3) is 38.6 Å². The summed E-state index contributed by atoms with van der Waals surface area (Å²) in [4.78, 5) is 0. The summed E-state index contributed by atoms with van der Waals surface area (Å²) < 4.78 is 2.42. The summed E-state index contributed by atoms with van der Waals surface area (Å²) in [7, 11) is 0. The highest BCUT2D eigenvalue weighted by molar-refractivity contribution is 6.09. The van der Waals surface area contributed by atoms with Crippen LogP contribution in [0.4, 0.5) is 0 Å². The second-order valence-electron chi connectivity index (χ2n) is 8.24. The molecule has 0 fully saturated rings. The molecule has 0 atom stereocenters. The van der Waals surface area contributed by atoms with E-state index in [-0.39, 0.29) is 0 Å². The molecule has 0 aliphatic rings. The minimum atomic E-state index is 0.895. The second kappa shape index (κ2) is 7.86. The van der Waals surface area contributed by atoms with Crippen LogP contribution in [0.15, 0.2) is 127 Å². The van der Waals surface area contributed by atoms with Crippen molar-refractivity contribution in [1.82, 2.24) is 4.57 Å². The predicted octanol–water partition coefficient (Wildman–Crippen LogP) is 8.04. The lowest BCUT2D eigenvalue weighted by atomic mass is 9.99. The molecular formula is C31H23N. The zero-order chi connectivity index (χ0) is 21.3. The molecule has 1 aromatic heterocycles. The molecule has 32 heavy (non-hydrogen) atoms. The number of benzene rings is 5. The van der Waals surface area contributed by atoms with Crippen LogP contribution in [0, 0.1) is 0 Å².